The molecule has 1 aromatic rings. The van der Waals surface area contributed by atoms with Crippen LogP contribution >= 0.6 is 11.6 Å². The number of ether oxygens (including phenoxy) is 2. The SMILES string of the molecule is CCOC(=O)c1c(Cl)cc(C=O)cc1OC(F)F. The van der Waals surface area contributed by atoms with Gasteiger partial charge in [0, 0.05) is 5.56 Å². The molecule has 0 radical (unpaired) electrons. The van der Waals surface area contributed by atoms with E-state index in [1.807, 2.05) is 0 Å². The van der Waals surface area contributed by atoms with Crippen LogP contribution in [0.1, 0.15) is 27.6 Å². The molecule has 1 rings (SSSR count). The second-order valence-electron chi connectivity index (χ2n) is 3.09. The highest BCUT2D eigenvalue weighted by molar-refractivity contribution is 6.34. The van der Waals surface area contributed by atoms with Crippen LogP contribution in [0.15, 0.2) is 12.1 Å². The Morgan fingerprint density at radius 3 is 2.67 bits per heavy atom. The summed E-state index contributed by atoms with van der Waals surface area (Å²) >= 11 is 5.74. The molecule has 0 bridgehead atoms. The van der Waals surface area contributed by atoms with Crippen molar-refractivity contribution in [3.63, 3.8) is 0 Å². The number of esters is 1. The quantitative estimate of drug-likeness (QED) is 0.614. The van der Waals surface area contributed by atoms with Gasteiger partial charge in [-0.15, -0.1) is 0 Å². The lowest BCUT2D eigenvalue weighted by molar-refractivity contribution is -0.0504. The summed E-state index contributed by atoms with van der Waals surface area (Å²) in [6, 6.07) is 2.16. The number of aldehydes is 1. The van der Waals surface area contributed by atoms with Crippen molar-refractivity contribution < 1.29 is 27.8 Å². The molecule has 4 nitrogen and oxygen atoms in total. The first-order chi connectivity index (χ1) is 8.49. The molecule has 18 heavy (non-hydrogen) atoms. The van der Waals surface area contributed by atoms with E-state index in [0.717, 1.165) is 6.07 Å². The van der Waals surface area contributed by atoms with Gasteiger partial charge in [-0.1, -0.05) is 11.6 Å². The Morgan fingerprint density at radius 2 is 2.17 bits per heavy atom. The van der Waals surface area contributed by atoms with E-state index in [4.69, 9.17) is 11.6 Å². The number of carbonyl (C=O) groups is 2. The van der Waals surface area contributed by atoms with Crippen molar-refractivity contribution in [3.8, 4) is 5.75 Å². The van der Waals surface area contributed by atoms with E-state index in [1.54, 1.807) is 6.92 Å². The standard InChI is InChI=1S/C11H9ClF2O4/c1-2-17-10(16)9-7(12)3-6(5-15)4-8(9)18-11(13)14/h3-5,11H,2H2,1H3. The summed E-state index contributed by atoms with van der Waals surface area (Å²) in [5.74, 6) is -1.38. The van der Waals surface area contributed by atoms with Gasteiger partial charge in [-0.3, -0.25) is 4.79 Å². The monoisotopic (exact) mass is 278 g/mol. The molecular formula is C11H9ClF2O4. The molecule has 0 N–H and O–H groups in total. The van der Waals surface area contributed by atoms with Crippen LogP contribution in [0.2, 0.25) is 5.02 Å². The summed E-state index contributed by atoms with van der Waals surface area (Å²) < 4.78 is 33.2. The number of benzene rings is 1. The molecule has 0 unspecified atom stereocenters. The molecule has 0 atom stereocenters. The molecule has 1 aromatic carbocycles. The highest BCUT2D eigenvalue weighted by Crippen LogP contribution is 2.30. The van der Waals surface area contributed by atoms with E-state index >= 15 is 0 Å². The second kappa shape index (κ2) is 6.30. The van der Waals surface area contributed by atoms with E-state index < -0.39 is 18.3 Å². The van der Waals surface area contributed by atoms with Crippen molar-refractivity contribution in [1.82, 2.24) is 0 Å². The van der Waals surface area contributed by atoms with E-state index in [1.165, 1.54) is 6.07 Å². The molecule has 0 aliphatic rings. The molecule has 0 heterocycles. The van der Waals surface area contributed by atoms with Gasteiger partial charge in [-0.25, -0.2) is 4.79 Å². The van der Waals surface area contributed by atoms with Gasteiger partial charge in [0.2, 0.25) is 0 Å². The van der Waals surface area contributed by atoms with Crippen LogP contribution in [0.25, 0.3) is 0 Å². The topological polar surface area (TPSA) is 52.6 Å². The maximum atomic E-state index is 12.2. The first kappa shape index (κ1) is 14.4. The van der Waals surface area contributed by atoms with Crippen molar-refractivity contribution >= 4 is 23.9 Å². The van der Waals surface area contributed by atoms with E-state index in [0.29, 0.717) is 6.29 Å². The summed E-state index contributed by atoms with van der Waals surface area (Å²) in [5.41, 5.74) is -0.312. The summed E-state index contributed by atoms with van der Waals surface area (Å²) in [6.07, 6.45) is 0.402. The number of hydrogen-bond acceptors (Lipinski definition) is 4. The molecule has 0 saturated heterocycles. The highest BCUT2D eigenvalue weighted by atomic mass is 35.5. The van der Waals surface area contributed by atoms with Gasteiger partial charge in [0.25, 0.3) is 0 Å². The molecule has 0 fully saturated rings. The van der Waals surface area contributed by atoms with Crippen molar-refractivity contribution in [2.75, 3.05) is 6.61 Å². The summed E-state index contributed by atoms with van der Waals surface area (Å²) in [4.78, 5) is 22.1. The fourth-order valence-corrected chi connectivity index (χ4v) is 1.56. The Labute approximate surface area is 106 Å². The Balaban J connectivity index is 3.27. The van der Waals surface area contributed by atoms with E-state index in [-0.39, 0.29) is 22.8 Å². The number of alkyl halides is 2. The highest BCUT2D eigenvalue weighted by Gasteiger charge is 2.21. The molecule has 98 valence electrons. The lowest BCUT2D eigenvalue weighted by atomic mass is 10.1. The van der Waals surface area contributed by atoms with Crippen LogP contribution in [0.5, 0.6) is 5.75 Å². The molecule has 0 saturated carbocycles. The molecule has 0 spiro atoms. The van der Waals surface area contributed by atoms with Gasteiger partial charge in [0.05, 0.1) is 11.6 Å². The third-order valence-electron chi connectivity index (χ3n) is 1.91. The Morgan fingerprint density at radius 1 is 1.50 bits per heavy atom. The zero-order chi connectivity index (χ0) is 13.7. The van der Waals surface area contributed by atoms with E-state index in [2.05, 4.69) is 9.47 Å². The fraction of sp³-hybridized carbons (Fsp3) is 0.273. The minimum atomic E-state index is -3.14. The minimum absolute atomic E-state index is 0.0173. The van der Waals surface area contributed by atoms with Crippen molar-refractivity contribution in [1.29, 1.82) is 0 Å². The van der Waals surface area contributed by atoms with Crippen LogP contribution in [0, 0.1) is 0 Å². The Hall–Kier alpha value is -1.69. The first-order valence-electron chi connectivity index (χ1n) is 4.90. The first-order valence-corrected chi connectivity index (χ1v) is 5.28. The van der Waals surface area contributed by atoms with Crippen LogP contribution in [-0.2, 0) is 4.74 Å². The van der Waals surface area contributed by atoms with Crippen LogP contribution in [0.4, 0.5) is 8.78 Å². The summed E-state index contributed by atoms with van der Waals surface area (Å²) in [5, 5.41) is -0.186. The van der Waals surface area contributed by atoms with E-state index in [9.17, 15) is 18.4 Å². The van der Waals surface area contributed by atoms with Crippen LogP contribution in [0.3, 0.4) is 0 Å². The maximum Gasteiger partial charge on any atom is 0.387 e. The summed E-state index contributed by atoms with van der Waals surface area (Å²) in [7, 11) is 0. The Bertz CT molecular complexity index is 463. The zero-order valence-electron chi connectivity index (χ0n) is 9.28. The predicted molar refractivity (Wildman–Crippen MR) is 59.4 cm³/mol. The average Bonchev–Trinajstić information content (AvgIpc) is 2.27. The summed E-state index contributed by atoms with van der Waals surface area (Å²) in [6.45, 7) is -1.53. The normalized spacial score (nSPS) is 10.3. The van der Waals surface area contributed by atoms with Crippen molar-refractivity contribution in [2.24, 2.45) is 0 Å². The van der Waals surface area contributed by atoms with Crippen molar-refractivity contribution in [3.05, 3.63) is 28.3 Å². The van der Waals surface area contributed by atoms with Gasteiger partial charge in [0.1, 0.15) is 17.6 Å². The minimum Gasteiger partial charge on any atom is -0.462 e. The predicted octanol–water partition coefficient (Wildman–Crippen LogP) is 2.93. The van der Waals surface area contributed by atoms with Crippen LogP contribution in [-0.4, -0.2) is 25.5 Å². The van der Waals surface area contributed by atoms with Gasteiger partial charge in [-0.2, -0.15) is 8.78 Å². The van der Waals surface area contributed by atoms with Crippen LogP contribution < -0.4 is 4.74 Å². The molecule has 0 aliphatic heterocycles. The molecule has 7 heteroatoms. The Kier molecular flexibility index (Phi) is 5.03. The lowest BCUT2D eigenvalue weighted by Crippen LogP contribution is -2.11. The molecule has 0 amide bonds. The second-order valence-corrected chi connectivity index (χ2v) is 3.50. The van der Waals surface area contributed by atoms with Gasteiger partial charge in [-0.05, 0) is 19.1 Å². The third kappa shape index (κ3) is 3.40. The smallest absolute Gasteiger partial charge is 0.387 e. The third-order valence-corrected chi connectivity index (χ3v) is 2.21. The van der Waals surface area contributed by atoms with Crippen molar-refractivity contribution in [2.45, 2.75) is 13.5 Å². The maximum absolute atomic E-state index is 12.2. The number of rotatable bonds is 5. The van der Waals surface area contributed by atoms with Gasteiger partial charge >= 0.3 is 12.6 Å². The molecule has 0 aromatic heterocycles. The number of hydrogen-bond donors (Lipinski definition) is 0. The number of carbonyl (C=O) groups excluding carboxylic acids is 2. The molecular weight excluding hydrogens is 270 g/mol. The average molecular weight is 279 g/mol. The zero-order valence-corrected chi connectivity index (χ0v) is 10.0. The molecule has 0 aliphatic carbocycles. The fourth-order valence-electron chi connectivity index (χ4n) is 1.26. The largest absolute Gasteiger partial charge is 0.462 e. The van der Waals surface area contributed by atoms with Gasteiger partial charge in [0.15, 0.2) is 0 Å². The van der Waals surface area contributed by atoms with Gasteiger partial charge < -0.3 is 9.47 Å². The lowest BCUT2D eigenvalue weighted by Gasteiger charge is -2.12. The number of halogens is 3.